The van der Waals surface area contributed by atoms with Gasteiger partial charge in [-0.3, -0.25) is 0 Å². The highest BCUT2D eigenvalue weighted by Gasteiger charge is 2.41. The minimum atomic E-state index is -1.24. The van der Waals surface area contributed by atoms with Gasteiger partial charge in [0.25, 0.3) is 0 Å². The average Bonchev–Trinajstić information content (AvgIpc) is 2.72. The van der Waals surface area contributed by atoms with Crippen molar-refractivity contribution in [3.05, 3.63) is 59.9 Å². The van der Waals surface area contributed by atoms with E-state index in [0.29, 0.717) is 30.9 Å². The second-order valence-corrected chi connectivity index (χ2v) is 7.15. The second kappa shape index (κ2) is 10.0. The number of hydrogen-bond donors (Lipinski definition) is 3. The maximum absolute atomic E-state index is 12.9. The molecule has 3 N–H and O–H groups in total. The van der Waals surface area contributed by atoms with Crippen LogP contribution in [0, 0.1) is 5.82 Å². The van der Waals surface area contributed by atoms with Crippen LogP contribution in [-0.4, -0.2) is 59.1 Å². The number of rotatable bonds is 8. The van der Waals surface area contributed by atoms with E-state index in [2.05, 4.69) is 0 Å². The first kappa shape index (κ1) is 21.5. The first-order chi connectivity index (χ1) is 14.0. The fourth-order valence-corrected chi connectivity index (χ4v) is 3.32. The van der Waals surface area contributed by atoms with Gasteiger partial charge in [0.1, 0.15) is 35.6 Å². The number of ether oxygens (including phenoxy) is 3. The largest absolute Gasteiger partial charge is 0.493 e. The molecule has 0 saturated carbocycles. The molecule has 7 heteroatoms. The summed E-state index contributed by atoms with van der Waals surface area (Å²) in [5.74, 6) is 0.997. The minimum absolute atomic E-state index is 0.285. The molecule has 2 aromatic carbocycles. The molecule has 0 aliphatic carbocycles. The van der Waals surface area contributed by atoms with Gasteiger partial charge in [-0.1, -0.05) is 18.2 Å². The Morgan fingerprint density at radius 3 is 2.38 bits per heavy atom. The van der Waals surface area contributed by atoms with Crippen LogP contribution in [0.2, 0.25) is 0 Å². The first-order valence-electron chi connectivity index (χ1n) is 9.74. The summed E-state index contributed by atoms with van der Waals surface area (Å²) in [7, 11) is 0. The predicted molar refractivity (Wildman–Crippen MR) is 105 cm³/mol. The van der Waals surface area contributed by atoms with Crippen LogP contribution >= 0.6 is 0 Å². The quantitative estimate of drug-likeness (QED) is 0.622. The van der Waals surface area contributed by atoms with Crippen LogP contribution in [0.25, 0.3) is 0 Å². The highest BCUT2D eigenvalue weighted by molar-refractivity contribution is 5.33. The maximum Gasteiger partial charge on any atom is 0.123 e. The Balaban J connectivity index is 1.49. The normalized spacial score (nSPS) is 26.9. The Kier molecular flexibility index (Phi) is 7.44. The molecule has 1 unspecified atom stereocenters. The standard InChI is InChI=1S/C22H27FO6/c1-14-20(24)22(26)21(25)19(29-14)11-13-28-18-5-3-2-4-15(18)10-12-27-17-8-6-16(23)7-9-17/h2-9,14,19-22,24-26H,10-13H2,1H3/t14-,19?,20-,21-,22+/m0/s1. The Bertz CT molecular complexity index is 768. The number of aliphatic hydroxyl groups excluding tert-OH is 3. The van der Waals surface area contributed by atoms with Crippen molar-refractivity contribution in [1.29, 1.82) is 0 Å². The van der Waals surface area contributed by atoms with Crippen molar-refractivity contribution in [2.45, 2.75) is 50.3 Å². The SMILES string of the molecule is C[C@@H]1OC(CCOc2ccccc2CCOc2ccc(F)cc2)[C@H](O)[C@H](O)[C@H]1O. The molecule has 1 saturated heterocycles. The lowest BCUT2D eigenvalue weighted by molar-refractivity contribution is -0.219. The van der Waals surface area contributed by atoms with Gasteiger partial charge in [-0.25, -0.2) is 4.39 Å². The maximum atomic E-state index is 12.9. The van der Waals surface area contributed by atoms with E-state index in [1.807, 2.05) is 24.3 Å². The van der Waals surface area contributed by atoms with Crippen LogP contribution in [0.1, 0.15) is 18.9 Å². The van der Waals surface area contributed by atoms with Gasteiger partial charge >= 0.3 is 0 Å². The topological polar surface area (TPSA) is 88.4 Å². The van der Waals surface area contributed by atoms with Crippen LogP contribution in [0.15, 0.2) is 48.5 Å². The molecule has 5 atom stereocenters. The molecule has 6 nitrogen and oxygen atoms in total. The lowest BCUT2D eigenvalue weighted by Crippen LogP contribution is -2.56. The molecule has 0 spiro atoms. The molecule has 1 heterocycles. The van der Waals surface area contributed by atoms with Crippen molar-refractivity contribution in [3.63, 3.8) is 0 Å². The van der Waals surface area contributed by atoms with Crippen LogP contribution < -0.4 is 9.47 Å². The zero-order valence-electron chi connectivity index (χ0n) is 16.3. The van der Waals surface area contributed by atoms with Gasteiger partial charge in [0, 0.05) is 12.8 Å². The van der Waals surface area contributed by atoms with E-state index in [4.69, 9.17) is 14.2 Å². The van der Waals surface area contributed by atoms with E-state index in [1.165, 1.54) is 12.1 Å². The zero-order chi connectivity index (χ0) is 20.8. The fraction of sp³-hybridized carbons (Fsp3) is 0.455. The van der Waals surface area contributed by atoms with Crippen molar-refractivity contribution in [1.82, 2.24) is 0 Å². The Morgan fingerprint density at radius 1 is 0.897 bits per heavy atom. The van der Waals surface area contributed by atoms with Crippen molar-refractivity contribution >= 4 is 0 Å². The molecular weight excluding hydrogens is 379 g/mol. The van der Waals surface area contributed by atoms with Crippen molar-refractivity contribution < 1.29 is 33.9 Å². The molecule has 1 fully saturated rings. The van der Waals surface area contributed by atoms with E-state index >= 15 is 0 Å². The summed E-state index contributed by atoms with van der Waals surface area (Å²) in [6, 6.07) is 13.4. The van der Waals surface area contributed by atoms with Gasteiger partial charge in [-0.15, -0.1) is 0 Å². The van der Waals surface area contributed by atoms with E-state index in [1.54, 1.807) is 19.1 Å². The summed E-state index contributed by atoms with van der Waals surface area (Å²) in [6.07, 6.45) is -3.70. The highest BCUT2D eigenvalue weighted by Crippen LogP contribution is 2.24. The number of benzene rings is 2. The molecular formula is C22H27FO6. The predicted octanol–water partition coefficient (Wildman–Crippen LogP) is 2.09. The zero-order valence-corrected chi connectivity index (χ0v) is 16.3. The molecule has 1 aliphatic rings. The number of para-hydroxylation sites is 1. The van der Waals surface area contributed by atoms with Crippen molar-refractivity contribution in [3.8, 4) is 11.5 Å². The smallest absolute Gasteiger partial charge is 0.123 e. The molecule has 3 rings (SSSR count). The van der Waals surface area contributed by atoms with Crippen LogP contribution in [0.4, 0.5) is 4.39 Å². The molecule has 2 aromatic rings. The highest BCUT2D eigenvalue weighted by atomic mass is 19.1. The van der Waals surface area contributed by atoms with Gasteiger partial charge in [0.15, 0.2) is 0 Å². The molecule has 1 aliphatic heterocycles. The Morgan fingerprint density at radius 2 is 1.62 bits per heavy atom. The summed E-state index contributed by atoms with van der Waals surface area (Å²) in [6.45, 7) is 2.36. The summed E-state index contributed by atoms with van der Waals surface area (Å²) in [4.78, 5) is 0. The molecule has 0 aromatic heterocycles. The van der Waals surface area contributed by atoms with E-state index in [9.17, 15) is 19.7 Å². The van der Waals surface area contributed by atoms with Crippen LogP contribution in [0.5, 0.6) is 11.5 Å². The second-order valence-electron chi connectivity index (χ2n) is 7.15. The third kappa shape index (κ3) is 5.67. The molecule has 0 radical (unpaired) electrons. The van der Waals surface area contributed by atoms with E-state index in [0.717, 1.165) is 5.56 Å². The lowest BCUT2D eigenvalue weighted by atomic mass is 9.94. The summed E-state index contributed by atoms with van der Waals surface area (Å²) < 4.78 is 30.0. The van der Waals surface area contributed by atoms with Crippen LogP contribution in [0.3, 0.4) is 0 Å². The van der Waals surface area contributed by atoms with Crippen molar-refractivity contribution in [2.75, 3.05) is 13.2 Å². The van der Waals surface area contributed by atoms with Gasteiger partial charge < -0.3 is 29.5 Å². The summed E-state index contributed by atoms with van der Waals surface area (Å²) >= 11 is 0. The summed E-state index contributed by atoms with van der Waals surface area (Å²) in [5, 5.41) is 29.7. The van der Waals surface area contributed by atoms with E-state index < -0.39 is 30.5 Å². The molecule has 29 heavy (non-hydrogen) atoms. The fourth-order valence-electron chi connectivity index (χ4n) is 3.32. The summed E-state index contributed by atoms with van der Waals surface area (Å²) in [5.41, 5.74) is 0.962. The third-order valence-electron chi connectivity index (χ3n) is 5.04. The van der Waals surface area contributed by atoms with E-state index in [-0.39, 0.29) is 12.4 Å². The van der Waals surface area contributed by atoms with Gasteiger partial charge in [0.2, 0.25) is 0 Å². The van der Waals surface area contributed by atoms with Gasteiger partial charge in [0.05, 0.1) is 25.4 Å². The monoisotopic (exact) mass is 406 g/mol. The first-order valence-corrected chi connectivity index (χ1v) is 9.74. The Hall–Kier alpha value is -2.19. The molecule has 158 valence electrons. The van der Waals surface area contributed by atoms with Gasteiger partial charge in [-0.05, 0) is 42.8 Å². The number of halogens is 1. The Labute approximate surface area is 169 Å². The number of hydrogen-bond acceptors (Lipinski definition) is 6. The molecule has 0 amide bonds. The van der Waals surface area contributed by atoms with Crippen molar-refractivity contribution in [2.24, 2.45) is 0 Å². The molecule has 0 bridgehead atoms. The van der Waals surface area contributed by atoms with Crippen LogP contribution in [-0.2, 0) is 11.2 Å². The number of aliphatic hydroxyl groups is 3. The minimum Gasteiger partial charge on any atom is -0.493 e. The lowest BCUT2D eigenvalue weighted by Gasteiger charge is -2.39. The third-order valence-corrected chi connectivity index (χ3v) is 5.04. The van der Waals surface area contributed by atoms with Gasteiger partial charge in [-0.2, -0.15) is 0 Å². The average molecular weight is 406 g/mol.